The van der Waals surface area contributed by atoms with E-state index in [4.69, 9.17) is 46.4 Å². The number of carbonyl (C=O) groups is 2. The van der Waals surface area contributed by atoms with Crippen molar-refractivity contribution in [1.82, 2.24) is 14.7 Å². The van der Waals surface area contributed by atoms with Crippen molar-refractivity contribution in [3.05, 3.63) is 80.0 Å². The molecule has 2 heterocycles. The van der Waals surface area contributed by atoms with Crippen LogP contribution in [0.25, 0.3) is 10.1 Å². The molecule has 0 radical (unpaired) electrons. The van der Waals surface area contributed by atoms with Crippen LogP contribution >= 0.6 is 57.9 Å². The fourth-order valence-corrected chi connectivity index (χ4v) is 5.90. The quantitative estimate of drug-likeness (QED) is 0.236. The summed E-state index contributed by atoms with van der Waals surface area (Å²) in [5.41, 5.74) is 0.0160. The van der Waals surface area contributed by atoms with Crippen LogP contribution in [-0.4, -0.2) is 40.8 Å². The lowest BCUT2D eigenvalue weighted by Crippen LogP contribution is -2.42. The maximum Gasteiger partial charge on any atom is 0.326 e. The minimum absolute atomic E-state index is 0.0372. The number of nitrogens with zero attached hydrogens (tertiary/aromatic N) is 2. The average molecular weight is 620 g/mol. The number of anilines is 1. The van der Waals surface area contributed by atoms with E-state index in [2.05, 4.69) is 19.4 Å². The van der Waals surface area contributed by atoms with Crippen LogP contribution in [-0.2, 0) is 21.2 Å². The summed E-state index contributed by atoms with van der Waals surface area (Å²) in [6, 6.07) is 7.06. The summed E-state index contributed by atoms with van der Waals surface area (Å²) in [5, 5.41) is 12.5. The zero-order valence-electron chi connectivity index (χ0n) is 18.2. The number of benzene rings is 2. The minimum Gasteiger partial charge on any atom is -0.480 e. The fourth-order valence-electron chi connectivity index (χ4n) is 3.34. The summed E-state index contributed by atoms with van der Waals surface area (Å²) < 4.78 is 33.3. The van der Waals surface area contributed by atoms with Crippen LogP contribution in [0.4, 0.5) is 5.69 Å². The van der Waals surface area contributed by atoms with Crippen LogP contribution in [0, 0.1) is 0 Å². The van der Waals surface area contributed by atoms with Crippen LogP contribution in [0.15, 0.2) is 53.8 Å². The third-order valence-electron chi connectivity index (χ3n) is 5.08. The molecule has 3 N–H and O–H groups in total. The van der Waals surface area contributed by atoms with Gasteiger partial charge in [0.1, 0.15) is 6.04 Å². The number of sulfonamides is 1. The maximum atomic E-state index is 13.2. The van der Waals surface area contributed by atoms with Crippen LogP contribution in [0.2, 0.25) is 20.1 Å². The summed E-state index contributed by atoms with van der Waals surface area (Å²) >= 11 is 25.2. The molecule has 4 rings (SSSR count). The van der Waals surface area contributed by atoms with Gasteiger partial charge in [-0.3, -0.25) is 9.52 Å². The van der Waals surface area contributed by atoms with E-state index in [1.54, 1.807) is 12.1 Å². The lowest BCUT2D eigenvalue weighted by Gasteiger charge is -2.18. The number of hydrogen-bond acceptors (Lipinski definition) is 7. The molecule has 2 aromatic heterocycles. The molecular formula is C22H14Cl4N4O5S2. The molecular weight excluding hydrogens is 606 g/mol. The van der Waals surface area contributed by atoms with E-state index >= 15 is 0 Å². The first-order chi connectivity index (χ1) is 17.5. The number of aliphatic carboxylic acids is 1. The molecule has 37 heavy (non-hydrogen) atoms. The largest absolute Gasteiger partial charge is 0.480 e. The molecule has 0 bridgehead atoms. The van der Waals surface area contributed by atoms with Crippen LogP contribution < -0.4 is 10.0 Å². The standard InChI is InChI=1S/C22H14Cl4N4O5S2/c23-13-2-1-10(5-14(13)24)6-18(22(32)33)29-20(31)11-7-15(25)16(26)8-17(11)30-37(34,35)21-12-9-28-36-19(12)3-4-27-21/h1-5,7-9,18,30H,6H2,(H,29,31)(H,32,33)/t18-/m0/s1. The van der Waals surface area contributed by atoms with Gasteiger partial charge in [0.2, 0.25) is 0 Å². The fraction of sp³-hybridized carbons (Fsp3) is 0.0909. The van der Waals surface area contributed by atoms with E-state index in [1.165, 1.54) is 24.5 Å². The Kier molecular flexibility index (Phi) is 8.12. The highest BCUT2D eigenvalue weighted by molar-refractivity contribution is 7.92. The van der Waals surface area contributed by atoms with Gasteiger partial charge in [-0.2, -0.15) is 12.8 Å². The van der Waals surface area contributed by atoms with Crippen molar-refractivity contribution in [2.24, 2.45) is 0 Å². The first-order valence-electron chi connectivity index (χ1n) is 10.1. The first kappa shape index (κ1) is 27.4. The number of rotatable bonds is 8. The number of amides is 1. The summed E-state index contributed by atoms with van der Waals surface area (Å²) in [6.07, 6.45) is 2.56. The van der Waals surface area contributed by atoms with Gasteiger partial charge in [-0.1, -0.05) is 52.5 Å². The Morgan fingerprint density at radius 2 is 1.70 bits per heavy atom. The highest BCUT2D eigenvalue weighted by Crippen LogP contribution is 2.32. The van der Waals surface area contributed by atoms with Crippen molar-refractivity contribution in [3.63, 3.8) is 0 Å². The number of fused-ring (bicyclic) bond motifs is 1. The van der Waals surface area contributed by atoms with E-state index < -0.39 is 27.9 Å². The molecule has 192 valence electrons. The van der Waals surface area contributed by atoms with Crippen molar-refractivity contribution in [2.75, 3.05) is 4.72 Å². The summed E-state index contributed by atoms with van der Waals surface area (Å²) in [5.74, 6) is -2.24. The zero-order valence-corrected chi connectivity index (χ0v) is 22.9. The Morgan fingerprint density at radius 3 is 2.41 bits per heavy atom. The second-order valence-corrected chi connectivity index (χ2v) is 11.6. The van der Waals surface area contributed by atoms with Crippen molar-refractivity contribution in [1.29, 1.82) is 0 Å². The predicted octanol–water partition coefficient (Wildman–Crippen LogP) is 5.53. The smallest absolute Gasteiger partial charge is 0.326 e. The number of carboxylic acids is 1. The Labute approximate surface area is 234 Å². The normalized spacial score (nSPS) is 12.3. The van der Waals surface area contributed by atoms with Crippen LogP contribution in [0.3, 0.4) is 0 Å². The number of hydrogen-bond donors (Lipinski definition) is 3. The minimum atomic E-state index is -4.32. The number of carboxylic acid groups (broad SMARTS) is 1. The number of carbonyl (C=O) groups excluding carboxylic acids is 1. The van der Waals surface area contributed by atoms with Crippen molar-refractivity contribution >= 4 is 95.6 Å². The van der Waals surface area contributed by atoms with Gasteiger partial charge in [-0.15, -0.1) is 0 Å². The molecule has 0 aliphatic carbocycles. The molecule has 1 atom stereocenters. The number of nitrogens with one attached hydrogen (secondary N) is 2. The zero-order chi connectivity index (χ0) is 26.9. The van der Waals surface area contributed by atoms with Gasteiger partial charge >= 0.3 is 5.97 Å². The molecule has 0 unspecified atom stereocenters. The summed E-state index contributed by atoms with van der Waals surface area (Å²) in [6.45, 7) is 0. The van der Waals surface area contributed by atoms with Crippen molar-refractivity contribution in [2.45, 2.75) is 17.5 Å². The Bertz CT molecular complexity index is 1650. The first-order valence-corrected chi connectivity index (χ1v) is 13.9. The number of halogens is 4. The molecule has 0 spiro atoms. The molecule has 0 saturated heterocycles. The third-order valence-corrected chi connectivity index (χ3v) is 8.63. The Balaban J connectivity index is 1.66. The van der Waals surface area contributed by atoms with Gasteiger partial charge in [-0.25, -0.2) is 9.78 Å². The van der Waals surface area contributed by atoms with E-state index in [1.807, 2.05) is 0 Å². The second-order valence-electron chi connectivity index (χ2n) is 7.59. The average Bonchev–Trinajstić information content (AvgIpc) is 3.31. The van der Waals surface area contributed by atoms with Gasteiger partial charge in [0.25, 0.3) is 15.9 Å². The molecule has 0 aliphatic heterocycles. The van der Waals surface area contributed by atoms with Crippen LogP contribution in [0.5, 0.6) is 0 Å². The molecule has 2 aromatic carbocycles. The van der Waals surface area contributed by atoms with Gasteiger partial charge in [0, 0.05) is 12.6 Å². The highest BCUT2D eigenvalue weighted by Gasteiger charge is 2.27. The molecule has 9 nitrogen and oxygen atoms in total. The van der Waals surface area contributed by atoms with Gasteiger partial charge < -0.3 is 10.4 Å². The monoisotopic (exact) mass is 618 g/mol. The topological polar surface area (TPSA) is 138 Å². The molecule has 0 aliphatic rings. The number of pyridine rings is 1. The van der Waals surface area contributed by atoms with Gasteiger partial charge in [0.05, 0.1) is 47.6 Å². The molecule has 15 heteroatoms. The Hall–Kier alpha value is -2.67. The molecule has 0 fully saturated rings. The number of aromatic nitrogens is 2. The molecule has 4 aromatic rings. The van der Waals surface area contributed by atoms with E-state index in [-0.39, 0.29) is 42.8 Å². The van der Waals surface area contributed by atoms with E-state index in [0.29, 0.717) is 15.6 Å². The molecule has 1 amide bonds. The van der Waals surface area contributed by atoms with E-state index in [9.17, 15) is 23.1 Å². The predicted molar refractivity (Wildman–Crippen MR) is 144 cm³/mol. The maximum absolute atomic E-state index is 13.2. The Morgan fingerprint density at radius 1 is 1.00 bits per heavy atom. The lowest BCUT2D eigenvalue weighted by molar-refractivity contribution is -0.139. The van der Waals surface area contributed by atoms with Gasteiger partial charge in [-0.05, 0) is 47.4 Å². The van der Waals surface area contributed by atoms with Crippen molar-refractivity contribution < 1.29 is 23.1 Å². The second kappa shape index (κ2) is 11.0. The van der Waals surface area contributed by atoms with Crippen molar-refractivity contribution in [3.8, 4) is 0 Å². The highest BCUT2D eigenvalue weighted by atomic mass is 35.5. The summed E-state index contributed by atoms with van der Waals surface area (Å²) in [7, 11) is -4.32. The van der Waals surface area contributed by atoms with Gasteiger partial charge in [0.15, 0.2) is 5.03 Å². The third kappa shape index (κ3) is 6.08. The SMILES string of the molecule is O=C(N[C@@H](Cc1ccc(Cl)c(Cl)c1)C(=O)O)c1cc(Cl)c(Cl)cc1NS(=O)(=O)c1nccc2sncc12. The lowest BCUT2D eigenvalue weighted by atomic mass is 10.0. The summed E-state index contributed by atoms with van der Waals surface area (Å²) in [4.78, 5) is 29.0. The van der Waals surface area contributed by atoms with E-state index in [0.717, 1.165) is 23.7 Å². The van der Waals surface area contributed by atoms with Crippen LogP contribution in [0.1, 0.15) is 15.9 Å². The molecule has 0 saturated carbocycles.